The van der Waals surface area contributed by atoms with Crippen molar-refractivity contribution >= 4 is 44.1 Å². The number of benzene rings is 2. The Labute approximate surface area is 193 Å². The first-order valence-corrected chi connectivity index (χ1v) is 10.6. The Balaban J connectivity index is 1.31. The highest BCUT2D eigenvalue weighted by Crippen LogP contribution is 2.31. The normalized spacial score (nSPS) is 10.2. The standard InChI is InChI=1S/C24H19N5O3S/c1-2-22(31)28-21-10-9-18(14-27-21)32-17-7-5-16(6-8-17)26-11-3-4-15-12-19(30)23-20(13-15)33-24(25)29-23/h2,5-10,12-14,26,30H,1,11H2,(H2,25,29)(H,27,28,31). The molecule has 0 unspecified atom stereocenters. The first kappa shape index (κ1) is 21.7. The maximum absolute atomic E-state index is 11.3. The number of pyridine rings is 1. The molecule has 4 rings (SSSR count). The summed E-state index contributed by atoms with van der Waals surface area (Å²) >= 11 is 1.31. The van der Waals surface area contributed by atoms with Gasteiger partial charge in [0.25, 0.3) is 0 Å². The number of ether oxygens (including phenoxy) is 1. The quantitative estimate of drug-likeness (QED) is 0.251. The number of hydrogen-bond acceptors (Lipinski definition) is 8. The van der Waals surface area contributed by atoms with Gasteiger partial charge in [0.15, 0.2) is 5.13 Å². The van der Waals surface area contributed by atoms with E-state index in [9.17, 15) is 9.90 Å². The maximum Gasteiger partial charge on any atom is 0.248 e. The Kier molecular flexibility index (Phi) is 6.38. The second-order valence-corrected chi connectivity index (χ2v) is 7.81. The zero-order chi connectivity index (χ0) is 23.2. The SMILES string of the molecule is C=CC(=O)Nc1ccc(Oc2ccc(NCC#Cc3cc(O)c4nc(N)sc4c3)cc2)cn1. The summed E-state index contributed by atoms with van der Waals surface area (Å²) in [4.78, 5) is 19.5. The summed E-state index contributed by atoms with van der Waals surface area (Å²) in [5.74, 6) is 7.40. The van der Waals surface area contributed by atoms with Gasteiger partial charge in [-0.15, -0.1) is 0 Å². The van der Waals surface area contributed by atoms with E-state index < -0.39 is 0 Å². The number of fused-ring (bicyclic) bond motifs is 1. The van der Waals surface area contributed by atoms with Gasteiger partial charge in [0.1, 0.15) is 28.6 Å². The Bertz CT molecular complexity index is 1370. The van der Waals surface area contributed by atoms with E-state index in [2.05, 4.69) is 39.0 Å². The molecule has 33 heavy (non-hydrogen) atoms. The summed E-state index contributed by atoms with van der Waals surface area (Å²) in [6.45, 7) is 3.82. The number of nitrogens with two attached hydrogens (primary N) is 1. The Morgan fingerprint density at radius 1 is 1.21 bits per heavy atom. The van der Waals surface area contributed by atoms with E-state index in [1.807, 2.05) is 30.3 Å². The van der Waals surface area contributed by atoms with Gasteiger partial charge < -0.3 is 26.2 Å². The van der Waals surface area contributed by atoms with Gasteiger partial charge in [-0.25, -0.2) is 9.97 Å². The van der Waals surface area contributed by atoms with Gasteiger partial charge in [-0.3, -0.25) is 4.79 Å². The molecule has 5 N–H and O–H groups in total. The first-order valence-electron chi connectivity index (χ1n) is 9.79. The number of nitrogens with zero attached hydrogens (tertiary/aromatic N) is 2. The monoisotopic (exact) mass is 457 g/mol. The van der Waals surface area contributed by atoms with E-state index in [-0.39, 0.29) is 11.7 Å². The summed E-state index contributed by atoms with van der Waals surface area (Å²) in [7, 11) is 0. The lowest BCUT2D eigenvalue weighted by atomic mass is 10.2. The topological polar surface area (TPSA) is 122 Å². The Morgan fingerprint density at radius 3 is 2.73 bits per heavy atom. The molecular weight excluding hydrogens is 438 g/mol. The molecule has 0 aliphatic carbocycles. The van der Waals surface area contributed by atoms with Crippen LogP contribution in [-0.2, 0) is 4.79 Å². The smallest absolute Gasteiger partial charge is 0.248 e. The number of anilines is 3. The van der Waals surface area contributed by atoms with Crippen LogP contribution in [0.25, 0.3) is 10.2 Å². The van der Waals surface area contributed by atoms with Crippen LogP contribution in [0.3, 0.4) is 0 Å². The fourth-order valence-corrected chi connectivity index (χ4v) is 3.66. The average molecular weight is 458 g/mol. The van der Waals surface area contributed by atoms with E-state index >= 15 is 0 Å². The lowest BCUT2D eigenvalue weighted by molar-refractivity contribution is -0.111. The summed E-state index contributed by atoms with van der Waals surface area (Å²) in [6, 6.07) is 14.2. The van der Waals surface area contributed by atoms with Crippen molar-refractivity contribution < 1.29 is 14.6 Å². The van der Waals surface area contributed by atoms with E-state index in [1.165, 1.54) is 23.6 Å². The molecule has 2 aromatic heterocycles. The zero-order valence-corrected chi connectivity index (χ0v) is 18.1. The number of carbonyl (C=O) groups is 1. The number of thiazole rings is 1. The molecule has 9 heteroatoms. The van der Waals surface area contributed by atoms with E-state index in [0.29, 0.717) is 40.1 Å². The zero-order valence-electron chi connectivity index (χ0n) is 17.3. The lowest BCUT2D eigenvalue weighted by Crippen LogP contribution is -2.08. The van der Waals surface area contributed by atoms with Gasteiger partial charge in [-0.05, 0) is 54.6 Å². The number of hydrogen-bond donors (Lipinski definition) is 4. The number of nitrogens with one attached hydrogen (secondary N) is 2. The second-order valence-electron chi connectivity index (χ2n) is 6.75. The molecule has 0 atom stereocenters. The molecule has 4 aromatic rings. The Morgan fingerprint density at radius 2 is 2.00 bits per heavy atom. The molecule has 0 saturated carbocycles. The fourth-order valence-electron chi connectivity index (χ4n) is 2.86. The largest absolute Gasteiger partial charge is 0.506 e. The van der Waals surface area contributed by atoms with Gasteiger partial charge in [0, 0.05) is 11.3 Å². The number of aromatic nitrogens is 2. The molecule has 164 valence electrons. The number of carbonyl (C=O) groups excluding carboxylic acids is 1. The minimum Gasteiger partial charge on any atom is -0.506 e. The molecule has 0 aliphatic rings. The molecule has 8 nitrogen and oxygen atoms in total. The third-order valence-electron chi connectivity index (χ3n) is 4.37. The van der Waals surface area contributed by atoms with Crippen LogP contribution in [0.1, 0.15) is 5.56 Å². The third kappa shape index (κ3) is 5.58. The van der Waals surface area contributed by atoms with Crippen molar-refractivity contribution in [1.82, 2.24) is 9.97 Å². The minimum atomic E-state index is -0.326. The number of phenolic OH excluding ortho intramolecular Hbond substituents is 1. The maximum atomic E-state index is 11.3. The van der Waals surface area contributed by atoms with Crippen molar-refractivity contribution in [3.8, 4) is 29.1 Å². The number of aromatic hydroxyl groups is 1. The summed E-state index contributed by atoms with van der Waals surface area (Å²) in [5.41, 5.74) is 7.77. The molecule has 0 spiro atoms. The summed E-state index contributed by atoms with van der Waals surface area (Å²) in [6.07, 6.45) is 2.70. The summed E-state index contributed by atoms with van der Waals surface area (Å²) in [5, 5.41) is 16.3. The van der Waals surface area contributed by atoms with Crippen LogP contribution in [0, 0.1) is 11.8 Å². The summed E-state index contributed by atoms with van der Waals surface area (Å²) < 4.78 is 6.56. The molecule has 2 heterocycles. The molecule has 1 amide bonds. The molecule has 0 saturated heterocycles. The van der Waals surface area contributed by atoms with Crippen molar-refractivity contribution in [3.63, 3.8) is 0 Å². The number of amides is 1. The lowest BCUT2D eigenvalue weighted by Gasteiger charge is -2.08. The van der Waals surface area contributed by atoms with Crippen LogP contribution in [0.4, 0.5) is 16.6 Å². The van der Waals surface area contributed by atoms with Crippen LogP contribution in [0.5, 0.6) is 17.2 Å². The van der Waals surface area contributed by atoms with Crippen molar-refractivity contribution in [2.45, 2.75) is 0 Å². The van der Waals surface area contributed by atoms with Gasteiger partial charge in [-0.1, -0.05) is 29.8 Å². The van der Waals surface area contributed by atoms with Crippen molar-refractivity contribution in [2.75, 3.05) is 22.9 Å². The number of phenols is 1. The predicted octanol–water partition coefficient (Wildman–Crippen LogP) is 4.36. The molecule has 0 radical (unpaired) electrons. The molecular formula is C24H19N5O3S. The van der Waals surface area contributed by atoms with Crippen LogP contribution in [0.15, 0.2) is 67.4 Å². The van der Waals surface area contributed by atoms with Crippen LogP contribution in [0.2, 0.25) is 0 Å². The third-order valence-corrected chi connectivity index (χ3v) is 5.20. The molecule has 0 fully saturated rings. The van der Waals surface area contributed by atoms with Crippen LogP contribution < -0.4 is 21.1 Å². The highest BCUT2D eigenvalue weighted by atomic mass is 32.1. The first-order chi connectivity index (χ1) is 16.0. The van der Waals surface area contributed by atoms with E-state index in [0.717, 1.165) is 10.4 Å². The van der Waals surface area contributed by atoms with Crippen LogP contribution in [-0.4, -0.2) is 27.5 Å². The Hall–Kier alpha value is -4.55. The van der Waals surface area contributed by atoms with Crippen molar-refractivity contribution in [1.29, 1.82) is 0 Å². The highest BCUT2D eigenvalue weighted by Gasteiger charge is 2.07. The minimum absolute atomic E-state index is 0.0691. The highest BCUT2D eigenvalue weighted by molar-refractivity contribution is 7.22. The van der Waals surface area contributed by atoms with E-state index in [4.69, 9.17) is 10.5 Å². The van der Waals surface area contributed by atoms with Crippen molar-refractivity contribution in [3.05, 3.63) is 72.9 Å². The molecule has 2 aromatic carbocycles. The fraction of sp³-hybridized carbons (Fsp3) is 0.0417. The molecule has 0 bridgehead atoms. The predicted molar refractivity (Wildman–Crippen MR) is 131 cm³/mol. The van der Waals surface area contributed by atoms with Gasteiger partial charge in [0.05, 0.1) is 17.4 Å². The second kappa shape index (κ2) is 9.72. The van der Waals surface area contributed by atoms with Crippen molar-refractivity contribution in [2.24, 2.45) is 0 Å². The van der Waals surface area contributed by atoms with Crippen LogP contribution >= 0.6 is 11.3 Å². The van der Waals surface area contributed by atoms with Gasteiger partial charge in [-0.2, -0.15) is 0 Å². The number of rotatable bonds is 6. The molecule has 0 aliphatic heterocycles. The number of nitrogen functional groups attached to an aromatic ring is 1. The van der Waals surface area contributed by atoms with Gasteiger partial charge >= 0.3 is 0 Å². The average Bonchev–Trinajstić information content (AvgIpc) is 3.20. The van der Waals surface area contributed by atoms with Gasteiger partial charge in [0.2, 0.25) is 5.91 Å². The van der Waals surface area contributed by atoms with E-state index in [1.54, 1.807) is 18.2 Å².